The average Bonchev–Trinajstić information content (AvgIpc) is 3.79. The van der Waals surface area contributed by atoms with Crippen molar-refractivity contribution in [1.82, 2.24) is 29.1 Å². The van der Waals surface area contributed by atoms with Crippen molar-refractivity contribution < 1.29 is 80.9 Å². The van der Waals surface area contributed by atoms with E-state index in [4.69, 9.17) is 64.3 Å². The predicted octanol–water partition coefficient (Wildman–Crippen LogP) is 2.29. The van der Waals surface area contributed by atoms with Crippen LogP contribution < -0.4 is 17.2 Å². The van der Waals surface area contributed by atoms with Crippen LogP contribution in [0.5, 0.6) is 0 Å². The molecule has 1 aliphatic rings. The Hall–Kier alpha value is -5.44. The fourth-order valence-corrected chi connectivity index (χ4v) is 5.96. The summed E-state index contributed by atoms with van der Waals surface area (Å²) in [4.78, 5) is 69.1. The van der Waals surface area contributed by atoms with Crippen LogP contribution in [0, 0.1) is 5.82 Å². The van der Waals surface area contributed by atoms with Gasteiger partial charge in [-0.25, -0.2) is 43.3 Å². The maximum atomic E-state index is 13.1. The molecule has 0 saturated carbocycles. The molecule has 0 aromatic carbocycles. The van der Waals surface area contributed by atoms with E-state index in [2.05, 4.69) is 19.9 Å². The first-order chi connectivity index (χ1) is 27.7. The largest absolute Gasteiger partial charge is 0.510 e. The fourth-order valence-electron chi connectivity index (χ4n) is 3.95. The number of halogens is 1. The first-order valence-corrected chi connectivity index (χ1v) is 19.6. The van der Waals surface area contributed by atoms with E-state index >= 15 is 0 Å². The number of nitrogens with zero attached hydrogens (tertiary/aromatic N) is 6. The van der Waals surface area contributed by atoms with Crippen molar-refractivity contribution >= 4 is 66.4 Å². The van der Waals surface area contributed by atoms with Crippen molar-refractivity contribution in [3.8, 4) is 0 Å². The number of nitrogens with two attached hydrogens (primary N) is 2. The lowest BCUT2D eigenvalue weighted by Gasteiger charge is -2.21. The molecule has 3 aromatic heterocycles. The third-order valence-corrected chi connectivity index (χ3v) is 8.98. The smallest absolute Gasteiger partial charge is 0.478 e. The van der Waals surface area contributed by atoms with Gasteiger partial charge in [-0.1, -0.05) is 0 Å². The first kappa shape index (κ1) is 49.7. The summed E-state index contributed by atoms with van der Waals surface area (Å²) in [5.41, 5.74) is 10.8. The minimum absolute atomic E-state index is 0.152. The molecular weight excluding hydrogens is 838 g/mol. The van der Waals surface area contributed by atoms with Crippen molar-refractivity contribution in [2.45, 2.75) is 71.1 Å². The first-order valence-electron chi connectivity index (χ1n) is 16.9. The van der Waals surface area contributed by atoms with Crippen molar-refractivity contribution in [2.75, 3.05) is 43.8 Å². The number of carbonyl (C=O) groups excluding carboxylic acids is 2. The lowest BCUT2D eigenvalue weighted by atomic mass is 10.4. The van der Waals surface area contributed by atoms with E-state index in [0.29, 0.717) is 29.1 Å². The summed E-state index contributed by atoms with van der Waals surface area (Å²) in [5.74, 6) is -3.01. The molecule has 0 bridgehead atoms. The summed E-state index contributed by atoms with van der Waals surface area (Å²) >= 11 is 1.35. The summed E-state index contributed by atoms with van der Waals surface area (Å²) in [6, 6.07) is 0. The van der Waals surface area contributed by atoms with Gasteiger partial charge in [0.15, 0.2) is 23.1 Å². The number of anilines is 2. The number of hydrogen-bond donors (Lipinski definition) is 5. The number of carbonyl (C=O) groups is 4. The zero-order chi connectivity index (χ0) is 44.3. The molecule has 3 atom stereocenters. The quantitative estimate of drug-likeness (QED) is 0.0562. The summed E-state index contributed by atoms with van der Waals surface area (Å²) in [7, 11) is -4.06. The van der Waals surface area contributed by atoms with Crippen molar-refractivity contribution in [3.05, 3.63) is 47.3 Å². The van der Waals surface area contributed by atoms with E-state index in [1.54, 1.807) is 39.2 Å². The summed E-state index contributed by atoms with van der Waals surface area (Å²) in [5, 5.41) is 24.5. The van der Waals surface area contributed by atoms with Gasteiger partial charge >= 0.3 is 37.5 Å². The molecule has 59 heavy (non-hydrogen) atoms. The number of carboxylic acid groups (broad SMARTS) is 2. The molecule has 4 heterocycles. The van der Waals surface area contributed by atoms with Gasteiger partial charge in [0.05, 0.1) is 44.0 Å². The highest BCUT2D eigenvalue weighted by Crippen LogP contribution is 2.48. The minimum atomic E-state index is -4.06. The number of nitrogen functional groups attached to an aromatic ring is 2. The number of imidazole rings is 1. The second kappa shape index (κ2) is 24.5. The molecule has 1 saturated heterocycles. The number of hydrogen-bond acceptors (Lipinski definition) is 22. The normalized spacial score (nSPS) is 15.5. The molecule has 0 amide bonds. The maximum Gasteiger partial charge on any atom is 0.510 e. The highest BCUT2D eigenvalue weighted by molar-refractivity contribution is 8.00. The molecule has 0 unspecified atom stereocenters. The topological polar surface area (TPSA) is 350 Å². The minimum Gasteiger partial charge on any atom is -0.478 e. The Kier molecular flexibility index (Phi) is 20.6. The number of aromatic nitrogens is 6. The van der Waals surface area contributed by atoms with E-state index in [0.717, 1.165) is 10.8 Å². The van der Waals surface area contributed by atoms with Gasteiger partial charge in [-0.3, -0.25) is 18.2 Å². The molecule has 1 aliphatic heterocycles. The van der Waals surface area contributed by atoms with Crippen molar-refractivity contribution in [1.29, 1.82) is 0 Å². The molecule has 3 aromatic rings. The second-order valence-corrected chi connectivity index (χ2v) is 15.1. The highest BCUT2D eigenvalue weighted by Gasteiger charge is 2.30. The molecular formula is C31H44FN8O17PS. The van der Waals surface area contributed by atoms with Crippen LogP contribution in [0.3, 0.4) is 0 Å². The van der Waals surface area contributed by atoms with E-state index in [1.165, 1.54) is 24.4 Å². The van der Waals surface area contributed by atoms with Crippen molar-refractivity contribution in [3.63, 3.8) is 0 Å². The molecule has 0 aliphatic carbocycles. The van der Waals surface area contributed by atoms with Gasteiger partial charge < -0.3 is 59.8 Å². The maximum absolute atomic E-state index is 13.1. The van der Waals surface area contributed by atoms with Gasteiger partial charge in [0, 0.05) is 17.9 Å². The SMILES string of the molecule is CC(C)OC(=O)OCOP(=O)(CO[C@H](C)Cn1cnc2c(N)ncnc21)OCOC(=O)OC(C)C.Nc1nc(=O)n([C@@H]2CS[C@H](CO)O2)cc1F.O=C(O)/C=C/C(=O)O. The second-order valence-electron chi connectivity index (χ2n) is 11.9. The summed E-state index contributed by atoms with van der Waals surface area (Å²) < 4.78 is 69.1. The standard InChI is InChI=1S/C19H30N5O10P.C8H10FN3O3S.C4H4O4/c1-12(2)33-18(25)28-9-31-35(27,32-10-29-19(26)34-13(3)4)11-30-14(5)6-24-8-23-15-16(20)21-7-22-17(15)24;9-4-1-12(8(14)11-7(4)10)5-3-16-6(2-13)15-5;5-3(6)1-2-4(7)8/h7-8,12-14H,6,9-11H2,1-5H3,(H2,20,21,22);1,5-6,13H,2-3H2,(H2,10,11,14);1-2H,(H,5,6)(H,7,8)/b;;2-1+/t14-;5-,6+;/m10./s1. The molecule has 0 radical (unpaired) electrons. The Balaban J connectivity index is 0.000000407. The Morgan fingerprint density at radius 1 is 0.983 bits per heavy atom. The van der Waals surface area contributed by atoms with Crippen LogP contribution in [-0.4, -0.2) is 125 Å². The Morgan fingerprint density at radius 2 is 1.56 bits per heavy atom. The highest BCUT2D eigenvalue weighted by atomic mass is 32.2. The average molecular weight is 883 g/mol. The molecule has 328 valence electrons. The van der Waals surface area contributed by atoms with Crippen LogP contribution >= 0.6 is 19.4 Å². The lowest BCUT2D eigenvalue weighted by Crippen LogP contribution is -2.29. The Morgan fingerprint density at radius 3 is 2.07 bits per heavy atom. The van der Waals surface area contributed by atoms with E-state index in [1.807, 2.05) is 0 Å². The number of rotatable bonds is 17. The number of thioether (sulfide) groups is 1. The zero-order valence-electron chi connectivity index (χ0n) is 32.1. The number of fused-ring (bicyclic) bond motifs is 1. The van der Waals surface area contributed by atoms with Crippen LogP contribution in [0.1, 0.15) is 40.8 Å². The number of ether oxygens (including phenoxy) is 6. The van der Waals surface area contributed by atoms with Crippen LogP contribution in [0.2, 0.25) is 0 Å². The van der Waals surface area contributed by atoms with E-state index in [9.17, 15) is 32.9 Å². The third-order valence-electron chi connectivity index (χ3n) is 6.41. The van der Waals surface area contributed by atoms with Gasteiger partial charge in [0.2, 0.25) is 13.6 Å². The number of aliphatic hydroxyl groups excluding tert-OH is 1. The van der Waals surface area contributed by atoms with E-state index < -0.39 is 99.1 Å². The Bertz CT molecular complexity index is 1950. The van der Waals surface area contributed by atoms with Crippen LogP contribution in [0.4, 0.5) is 25.6 Å². The van der Waals surface area contributed by atoms with E-state index in [-0.39, 0.29) is 19.0 Å². The van der Waals surface area contributed by atoms with Gasteiger partial charge in [-0.15, -0.1) is 11.8 Å². The predicted molar refractivity (Wildman–Crippen MR) is 201 cm³/mol. The summed E-state index contributed by atoms with van der Waals surface area (Å²) in [6.45, 7) is 6.83. The molecule has 0 spiro atoms. The third kappa shape index (κ3) is 18.4. The Labute approximate surface area is 338 Å². The monoisotopic (exact) mass is 882 g/mol. The molecule has 1 fully saturated rings. The summed E-state index contributed by atoms with van der Waals surface area (Å²) in [6.07, 6.45) is 0.335. The number of aliphatic hydroxyl groups is 1. The van der Waals surface area contributed by atoms with Gasteiger partial charge in [-0.2, -0.15) is 4.98 Å². The zero-order valence-corrected chi connectivity index (χ0v) is 33.9. The molecule has 28 heteroatoms. The van der Waals surface area contributed by atoms with Crippen LogP contribution in [0.25, 0.3) is 11.2 Å². The lowest BCUT2D eigenvalue weighted by molar-refractivity contribution is -0.134. The van der Waals surface area contributed by atoms with Crippen molar-refractivity contribution in [2.24, 2.45) is 0 Å². The van der Waals surface area contributed by atoms with Gasteiger partial charge in [0.25, 0.3) is 0 Å². The van der Waals surface area contributed by atoms with Crippen LogP contribution in [-0.2, 0) is 58.2 Å². The van der Waals surface area contributed by atoms with Gasteiger partial charge in [0.1, 0.15) is 29.9 Å². The molecule has 25 nitrogen and oxygen atoms in total. The number of aliphatic carboxylic acids is 2. The van der Waals surface area contributed by atoms with Crippen LogP contribution in [0.15, 0.2) is 35.8 Å². The molecule has 4 rings (SSSR count). The molecule has 7 N–H and O–H groups in total. The number of carboxylic acids is 2. The van der Waals surface area contributed by atoms with Gasteiger partial charge in [-0.05, 0) is 34.6 Å². The fraction of sp³-hybridized carbons (Fsp3) is 0.516.